The molecule has 0 atom stereocenters. The van der Waals surface area contributed by atoms with Gasteiger partial charge in [0.1, 0.15) is 16.4 Å². The SMILES string of the molecule is CCOc1ccc(NC(=O)c2ccccc2NC(=O)C(=O)N/N=C/c2ccccc2OC(=O)c2sc3ccccc3c2Cl)cc1. The quantitative estimate of drug-likeness (QED) is 0.0552. The van der Waals surface area contributed by atoms with Crippen molar-refractivity contribution in [3.63, 3.8) is 0 Å². The highest BCUT2D eigenvalue weighted by molar-refractivity contribution is 7.21. The van der Waals surface area contributed by atoms with Gasteiger partial charge in [-0.2, -0.15) is 5.10 Å². The summed E-state index contributed by atoms with van der Waals surface area (Å²) in [6, 6.07) is 27.0. The third-order valence-electron chi connectivity index (χ3n) is 6.26. The zero-order valence-electron chi connectivity index (χ0n) is 23.7. The Morgan fingerprint density at radius 2 is 1.56 bits per heavy atom. The van der Waals surface area contributed by atoms with Gasteiger partial charge in [0.05, 0.1) is 29.1 Å². The van der Waals surface area contributed by atoms with E-state index < -0.39 is 23.7 Å². The minimum Gasteiger partial charge on any atom is -0.494 e. The summed E-state index contributed by atoms with van der Waals surface area (Å²) in [6.07, 6.45) is 1.23. The van der Waals surface area contributed by atoms with E-state index in [-0.39, 0.29) is 21.9 Å². The Bertz CT molecular complexity index is 1920. The van der Waals surface area contributed by atoms with Gasteiger partial charge < -0.3 is 20.1 Å². The second kappa shape index (κ2) is 14.3. The summed E-state index contributed by atoms with van der Waals surface area (Å²) in [7, 11) is 0. The summed E-state index contributed by atoms with van der Waals surface area (Å²) in [5.41, 5.74) is 3.30. The number of thiophene rings is 1. The Kier molecular flexibility index (Phi) is 9.83. The van der Waals surface area contributed by atoms with Crippen LogP contribution in [0.4, 0.5) is 11.4 Å². The number of hydrogen-bond acceptors (Lipinski definition) is 8. The molecule has 0 saturated carbocycles. The van der Waals surface area contributed by atoms with Crippen molar-refractivity contribution in [3.8, 4) is 11.5 Å². The Labute approximate surface area is 266 Å². The van der Waals surface area contributed by atoms with Crippen molar-refractivity contribution < 1.29 is 28.7 Å². The Balaban J connectivity index is 1.20. The van der Waals surface area contributed by atoms with Crippen molar-refractivity contribution >= 4 is 74.3 Å². The molecular formula is C33H25ClN4O6S. The van der Waals surface area contributed by atoms with Crippen LogP contribution in [0.5, 0.6) is 11.5 Å². The zero-order chi connectivity index (χ0) is 31.8. The van der Waals surface area contributed by atoms with Gasteiger partial charge in [0, 0.05) is 21.3 Å². The second-order valence-corrected chi connectivity index (χ2v) is 10.7. The molecule has 3 N–H and O–H groups in total. The number of carbonyl (C=O) groups is 4. The van der Waals surface area contributed by atoms with E-state index >= 15 is 0 Å². The van der Waals surface area contributed by atoms with Crippen molar-refractivity contribution in [2.75, 3.05) is 17.2 Å². The van der Waals surface area contributed by atoms with Crippen LogP contribution in [-0.4, -0.2) is 36.5 Å². The van der Waals surface area contributed by atoms with Crippen molar-refractivity contribution in [3.05, 3.63) is 118 Å². The van der Waals surface area contributed by atoms with E-state index in [1.807, 2.05) is 31.2 Å². The molecule has 0 radical (unpaired) electrons. The first kappa shape index (κ1) is 30.9. The number of carbonyl (C=O) groups excluding carboxylic acids is 4. The lowest BCUT2D eigenvalue weighted by molar-refractivity contribution is -0.136. The van der Waals surface area contributed by atoms with Crippen molar-refractivity contribution in [1.29, 1.82) is 0 Å². The molecule has 1 aromatic heterocycles. The molecule has 12 heteroatoms. The normalized spacial score (nSPS) is 10.8. The molecule has 4 aromatic carbocycles. The lowest BCUT2D eigenvalue weighted by atomic mass is 10.1. The van der Waals surface area contributed by atoms with Crippen LogP contribution < -0.4 is 25.5 Å². The van der Waals surface area contributed by atoms with Gasteiger partial charge in [-0.15, -0.1) is 11.3 Å². The number of esters is 1. The fourth-order valence-electron chi connectivity index (χ4n) is 4.15. The highest BCUT2D eigenvalue weighted by Crippen LogP contribution is 2.36. The summed E-state index contributed by atoms with van der Waals surface area (Å²) in [5, 5.41) is 10.1. The lowest BCUT2D eigenvalue weighted by Gasteiger charge is -2.11. The number of benzene rings is 4. The highest BCUT2D eigenvalue weighted by Gasteiger charge is 2.20. The van der Waals surface area contributed by atoms with Gasteiger partial charge in [0.15, 0.2) is 0 Å². The molecule has 226 valence electrons. The van der Waals surface area contributed by atoms with E-state index in [0.717, 1.165) is 10.1 Å². The van der Waals surface area contributed by atoms with Gasteiger partial charge >= 0.3 is 17.8 Å². The molecule has 3 amide bonds. The zero-order valence-corrected chi connectivity index (χ0v) is 25.3. The third-order valence-corrected chi connectivity index (χ3v) is 7.92. The van der Waals surface area contributed by atoms with Crippen LogP contribution in [0.15, 0.2) is 102 Å². The lowest BCUT2D eigenvalue weighted by Crippen LogP contribution is -2.33. The van der Waals surface area contributed by atoms with Crippen LogP contribution in [0.1, 0.15) is 32.5 Å². The minimum atomic E-state index is -1.08. The summed E-state index contributed by atoms with van der Waals surface area (Å²) in [6.45, 7) is 2.39. The van der Waals surface area contributed by atoms with E-state index in [9.17, 15) is 19.2 Å². The second-order valence-electron chi connectivity index (χ2n) is 9.28. The van der Waals surface area contributed by atoms with Gasteiger partial charge in [-0.25, -0.2) is 10.2 Å². The highest BCUT2D eigenvalue weighted by atomic mass is 35.5. The number of amides is 3. The molecule has 45 heavy (non-hydrogen) atoms. The van der Waals surface area contributed by atoms with Gasteiger partial charge in [-0.3, -0.25) is 14.4 Å². The Morgan fingerprint density at radius 1 is 0.844 bits per heavy atom. The van der Waals surface area contributed by atoms with Gasteiger partial charge in [-0.05, 0) is 61.5 Å². The maximum atomic E-state index is 12.9. The summed E-state index contributed by atoms with van der Waals surface area (Å²) in [4.78, 5) is 51.3. The standard InChI is InChI=1S/C33H25ClN4O6S/c1-2-43-22-17-15-21(16-18-22)36-30(39)23-10-4-6-12-25(23)37-31(40)32(41)38-35-19-20-9-3-7-13-26(20)44-33(42)29-28(34)24-11-5-8-14-27(24)45-29/h3-19H,2H2,1H3,(H,36,39)(H,37,40)(H,38,41)/b35-19+. The first-order chi connectivity index (χ1) is 21.8. The van der Waals surface area contributed by atoms with Crippen LogP contribution in [0.3, 0.4) is 0 Å². The number of hydrazone groups is 1. The minimum absolute atomic E-state index is 0.127. The smallest absolute Gasteiger partial charge is 0.355 e. The van der Waals surface area contributed by atoms with Crippen LogP contribution in [0.2, 0.25) is 5.02 Å². The first-order valence-electron chi connectivity index (χ1n) is 13.6. The number of anilines is 2. The average molecular weight is 641 g/mol. The van der Waals surface area contributed by atoms with Crippen molar-refractivity contribution in [2.24, 2.45) is 5.10 Å². The largest absolute Gasteiger partial charge is 0.494 e. The van der Waals surface area contributed by atoms with Crippen LogP contribution in [0.25, 0.3) is 10.1 Å². The molecular weight excluding hydrogens is 616 g/mol. The number of nitrogens with one attached hydrogen (secondary N) is 3. The van der Waals surface area contributed by atoms with E-state index in [4.69, 9.17) is 21.1 Å². The van der Waals surface area contributed by atoms with E-state index in [1.54, 1.807) is 60.7 Å². The summed E-state index contributed by atoms with van der Waals surface area (Å²) >= 11 is 7.63. The Hall–Kier alpha value is -5.52. The fourth-order valence-corrected chi connectivity index (χ4v) is 5.54. The molecule has 0 spiro atoms. The van der Waals surface area contributed by atoms with E-state index in [0.29, 0.717) is 28.6 Å². The van der Waals surface area contributed by atoms with Crippen molar-refractivity contribution in [1.82, 2.24) is 5.43 Å². The molecule has 5 rings (SSSR count). The number of halogens is 1. The first-order valence-corrected chi connectivity index (χ1v) is 14.8. The van der Waals surface area contributed by atoms with Crippen LogP contribution in [-0.2, 0) is 9.59 Å². The van der Waals surface area contributed by atoms with Gasteiger partial charge in [-0.1, -0.05) is 54.1 Å². The predicted molar refractivity (Wildman–Crippen MR) is 175 cm³/mol. The van der Waals surface area contributed by atoms with Gasteiger partial charge in [0.25, 0.3) is 5.91 Å². The third kappa shape index (κ3) is 7.53. The molecule has 0 aliphatic heterocycles. The summed E-state index contributed by atoms with van der Waals surface area (Å²) < 4.78 is 11.8. The topological polar surface area (TPSA) is 135 Å². The molecule has 10 nitrogen and oxygen atoms in total. The predicted octanol–water partition coefficient (Wildman–Crippen LogP) is 6.51. The molecule has 0 aliphatic carbocycles. The molecule has 5 aromatic rings. The maximum absolute atomic E-state index is 12.9. The monoisotopic (exact) mass is 640 g/mol. The number of para-hydroxylation sites is 2. The van der Waals surface area contributed by atoms with E-state index in [1.165, 1.54) is 29.7 Å². The Morgan fingerprint density at radius 3 is 2.33 bits per heavy atom. The molecule has 1 heterocycles. The molecule has 0 aliphatic rings. The number of nitrogens with zero attached hydrogens (tertiary/aromatic N) is 1. The number of ether oxygens (including phenoxy) is 2. The van der Waals surface area contributed by atoms with Crippen molar-refractivity contribution in [2.45, 2.75) is 6.92 Å². The van der Waals surface area contributed by atoms with Crippen LogP contribution >= 0.6 is 22.9 Å². The van der Waals surface area contributed by atoms with Crippen LogP contribution in [0, 0.1) is 0 Å². The van der Waals surface area contributed by atoms with E-state index in [2.05, 4.69) is 21.2 Å². The van der Waals surface area contributed by atoms with Gasteiger partial charge in [0.2, 0.25) is 0 Å². The fraction of sp³-hybridized carbons (Fsp3) is 0.0606. The number of fused-ring (bicyclic) bond motifs is 1. The summed E-state index contributed by atoms with van der Waals surface area (Å²) in [5.74, 6) is -2.43. The maximum Gasteiger partial charge on any atom is 0.355 e. The molecule has 0 fully saturated rings. The number of hydrogen-bond donors (Lipinski definition) is 3. The average Bonchev–Trinajstić information content (AvgIpc) is 3.39. The molecule has 0 saturated heterocycles. The molecule has 0 bridgehead atoms. The number of rotatable bonds is 9. The molecule has 0 unspecified atom stereocenters.